The molecular formula is C14H16FN3. The number of hydrogen-bond acceptors (Lipinski definition) is 3. The Hall–Kier alpha value is -1.97. The van der Waals surface area contributed by atoms with Crippen molar-refractivity contribution in [2.24, 2.45) is 0 Å². The summed E-state index contributed by atoms with van der Waals surface area (Å²) in [6.45, 7) is 3.94. The van der Waals surface area contributed by atoms with E-state index in [0.717, 1.165) is 17.9 Å². The van der Waals surface area contributed by atoms with Crippen molar-refractivity contribution in [1.82, 2.24) is 9.97 Å². The lowest BCUT2D eigenvalue weighted by Gasteiger charge is -2.15. The van der Waals surface area contributed by atoms with Gasteiger partial charge >= 0.3 is 0 Å². The molecule has 0 aliphatic heterocycles. The second-order valence-electron chi connectivity index (χ2n) is 4.14. The largest absolute Gasteiger partial charge is 0.363 e. The molecule has 1 atom stereocenters. The predicted molar refractivity (Wildman–Crippen MR) is 69.8 cm³/mol. The van der Waals surface area contributed by atoms with Gasteiger partial charge in [-0.2, -0.15) is 0 Å². The lowest BCUT2D eigenvalue weighted by atomic mass is 10.1. The van der Waals surface area contributed by atoms with Gasteiger partial charge < -0.3 is 5.32 Å². The molecule has 2 aromatic rings. The third-order valence-electron chi connectivity index (χ3n) is 2.82. The lowest BCUT2D eigenvalue weighted by molar-refractivity contribution is 0.600. The van der Waals surface area contributed by atoms with Gasteiger partial charge in [0.05, 0.1) is 6.04 Å². The number of halogens is 1. The van der Waals surface area contributed by atoms with Gasteiger partial charge in [0.2, 0.25) is 0 Å². The molecule has 1 N–H and O–H groups in total. The highest BCUT2D eigenvalue weighted by Crippen LogP contribution is 2.20. The monoisotopic (exact) mass is 245 g/mol. The van der Waals surface area contributed by atoms with Crippen molar-refractivity contribution >= 4 is 5.82 Å². The second kappa shape index (κ2) is 5.58. The van der Waals surface area contributed by atoms with Gasteiger partial charge in [-0.25, -0.2) is 14.4 Å². The van der Waals surface area contributed by atoms with Crippen LogP contribution >= 0.6 is 0 Å². The summed E-state index contributed by atoms with van der Waals surface area (Å²) in [5, 5.41) is 3.18. The van der Waals surface area contributed by atoms with Crippen molar-refractivity contribution in [3.63, 3.8) is 0 Å². The highest BCUT2D eigenvalue weighted by molar-refractivity contribution is 5.38. The van der Waals surface area contributed by atoms with E-state index >= 15 is 0 Å². The van der Waals surface area contributed by atoms with Crippen LogP contribution in [0, 0.1) is 5.82 Å². The molecule has 0 saturated carbocycles. The third-order valence-corrected chi connectivity index (χ3v) is 2.82. The van der Waals surface area contributed by atoms with E-state index in [1.165, 1.54) is 12.4 Å². The molecule has 0 spiro atoms. The Labute approximate surface area is 106 Å². The Morgan fingerprint density at radius 3 is 2.78 bits per heavy atom. The van der Waals surface area contributed by atoms with Crippen molar-refractivity contribution in [2.75, 3.05) is 5.32 Å². The van der Waals surface area contributed by atoms with E-state index in [0.29, 0.717) is 5.56 Å². The number of nitrogens with zero attached hydrogens (tertiary/aromatic N) is 2. The molecule has 0 aliphatic rings. The van der Waals surface area contributed by atoms with Gasteiger partial charge in [-0.1, -0.05) is 25.1 Å². The molecule has 1 heterocycles. The van der Waals surface area contributed by atoms with Crippen LogP contribution in [0.25, 0.3) is 0 Å². The van der Waals surface area contributed by atoms with Crippen LogP contribution in [-0.2, 0) is 6.42 Å². The fourth-order valence-electron chi connectivity index (χ4n) is 1.80. The van der Waals surface area contributed by atoms with Crippen LogP contribution in [0.15, 0.2) is 36.7 Å². The lowest BCUT2D eigenvalue weighted by Crippen LogP contribution is -2.10. The molecule has 0 aliphatic carbocycles. The standard InChI is InChI=1S/C14H16FN3/c1-3-11-8-14(17-9-16-11)18-10(2)12-6-4-5-7-13(12)15/h4-10H,3H2,1-2H3,(H,16,17,18). The number of hydrogen-bond donors (Lipinski definition) is 1. The van der Waals surface area contributed by atoms with E-state index in [9.17, 15) is 4.39 Å². The number of aromatic nitrogens is 2. The van der Waals surface area contributed by atoms with Crippen molar-refractivity contribution in [2.45, 2.75) is 26.3 Å². The van der Waals surface area contributed by atoms with E-state index in [4.69, 9.17) is 0 Å². The molecule has 94 valence electrons. The Morgan fingerprint density at radius 1 is 1.28 bits per heavy atom. The van der Waals surface area contributed by atoms with Crippen molar-refractivity contribution in [3.05, 3.63) is 53.7 Å². The molecule has 18 heavy (non-hydrogen) atoms. The molecule has 1 aromatic heterocycles. The summed E-state index contributed by atoms with van der Waals surface area (Å²) in [4.78, 5) is 8.27. The second-order valence-corrected chi connectivity index (χ2v) is 4.14. The summed E-state index contributed by atoms with van der Waals surface area (Å²) in [7, 11) is 0. The average Bonchev–Trinajstić information content (AvgIpc) is 2.39. The Kier molecular flexibility index (Phi) is 3.87. The van der Waals surface area contributed by atoms with Gasteiger partial charge in [0.15, 0.2) is 0 Å². The van der Waals surface area contributed by atoms with Crippen LogP contribution in [-0.4, -0.2) is 9.97 Å². The van der Waals surface area contributed by atoms with Gasteiger partial charge in [0, 0.05) is 17.3 Å². The molecule has 0 bridgehead atoms. The van der Waals surface area contributed by atoms with Crippen LogP contribution in [0.4, 0.5) is 10.2 Å². The van der Waals surface area contributed by atoms with Gasteiger partial charge in [-0.15, -0.1) is 0 Å². The molecule has 0 amide bonds. The van der Waals surface area contributed by atoms with E-state index in [2.05, 4.69) is 15.3 Å². The van der Waals surface area contributed by atoms with Gasteiger partial charge in [-0.3, -0.25) is 0 Å². The van der Waals surface area contributed by atoms with E-state index in [1.54, 1.807) is 12.1 Å². The summed E-state index contributed by atoms with van der Waals surface area (Å²) >= 11 is 0. The highest BCUT2D eigenvalue weighted by atomic mass is 19.1. The number of rotatable bonds is 4. The fourth-order valence-corrected chi connectivity index (χ4v) is 1.80. The zero-order chi connectivity index (χ0) is 13.0. The zero-order valence-electron chi connectivity index (χ0n) is 10.5. The number of anilines is 1. The summed E-state index contributed by atoms with van der Waals surface area (Å²) in [6, 6.07) is 8.50. The Balaban J connectivity index is 2.16. The normalized spacial score (nSPS) is 12.2. The van der Waals surface area contributed by atoms with E-state index in [1.807, 2.05) is 26.0 Å². The first-order valence-corrected chi connectivity index (χ1v) is 6.02. The van der Waals surface area contributed by atoms with Crippen LogP contribution in [0.2, 0.25) is 0 Å². The van der Waals surface area contributed by atoms with E-state index in [-0.39, 0.29) is 11.9 Å². The van der Waals surface area contributed by atoms with Gasteiger partial charge in [-0.05, 0) is 19.4 Å². The minimum absolute atomic E-state index is 0.134. The molecule has 2 rings (SSSR count). The molecule has 4 heteroatoms. The third kappa shape index (κ3) is 2.83. The van der Waals surface area contributed by atoms with Crippen molar-refractivity contribution in [1.29, 1.82) is 0 Å². The first-order chi connectivity index (χ1) is 8.70. The smallest absolute Gasteiger partial charge is 0.130 e. The Bertz CT molecular complexity index is 528. The zero-order valence-corrected chi connectivity index (χ0v) is 10.5. The summed E-state index contributed by atoms with van der Waals surface area (Å²) in [5.74, 6) is 0.514. The Morgan fingerprint density at radius 2 is 2.06 bits per heavy atom. The quantitative estimate of drug-likeness (QED) is 0.897. The molecule has 1 aromatic carbocycles. The minimum Gasteiger partial charge on any atom is -0.363 e. The summed E-state index contributed by atoms with van der Waals surface area (Å²) < 4.78 is 13.6. The number of nitrogens with one attached hydrogen (secondary N) is 1. The van der Waals surface area contributed by atoms with Gasteiger partial charge in [0.25, 0.3) is 0 Å². The topological polar surface area (TPSA) is 37.8 Å². The molecule has 0 radical (unpaired) electrons. The maximum Gasteiger partial charge on any atom is 0.130 e. The molecule has 0 fully saturated rings. The van der Waals surface area contributed by atoms with Crippen LogP contribution < -0.4 is 5.32 Å². The first-order valence-electron chi connectivity index (χ1n) is 6.02. The van der Waals surface area contributed by atoms with Gasteiger partial charge in [0.1, 0.15) is 18.0 Å². The van der Waals surface area contributed by atoms with Crippen LogP contribution in [0.1, 0.15) is 31.1 Å². The summed E-state index contributed by atoms with van der Waals surface area (Å²) in [6.07, 6.45) is 2.38. The number of aryl methyl sites for hydroxylation is 1. The average molecular weight is 245 g/mol. The predicted octanol–water partition coefficient (Wildman–Crippen LogP) is 3.35. The molecular weight excluding hydrogens is 229 g/mol. The first kappa shape index (κ1) is 12.5. The van der Waals surface area contributed by atoms with Crippen LogP contribution in [0.5, 0.6) is 0 Å². The maximum absolute atomic E-state index is 13.6. The van der Waals surface area contributed by atoms with Crippen molar-refractivity contribution < 1.29 is 4.39 Å². The SMILES string of the molecule is CCc1cc(NC(C)c2ccccc2F)ncn1. The minimum atomic E-state index is -0.206. The molecule has 0 saturated heterocycles. The number of benzene rings is 1. The summed E-state index contributed by atoms with van der Waals surface area (Å²) in [5.41, 5.74) is 1.60. The molecule has 3 nitrogen and oxygen atoms in total. The maximum atomic E-state index is 13.6. The highest BCUT2D eigenvalue weighted by Gasteiger charge is 2.10. The van der Waals surface area contributed by atoms with Crippen LogP contribution in [0.3, 0.4) is 0 Å². The fraction of sp³-hybridized carbons (Fsp3) is 0.286. The van der Waals surface area contributed by atoms with Crippen molar-refractivity contribution in [3.8, 4) is 0 Å². The molecule has 1 unspecified atom stereocenters. The van der Waals surface area contributed by atoms with E-state index < -0.39 is 0 Å².